The molecule has 0 spiro atoms. The Morgan fingerprint density at radius 2 is 2.07 bits per heavy atom. The topological polar surface area (TPSA) is 99.4 Å². The van der Waals surface area contributed by atoms with Gasteiger partial charge in [0.1, 0.15) is 5.69 Å². The average molecular weight is 381 g/mol. The minimum Gasteiger partial charge on any atom is -0.483 e. The molecule has 3 saturated heterocycles. The summed E-state index contributed by atoms with van der Waals surface area (Å²) in [5.41, 5.74) is 3.54. The number of hydrogen-bond acceptors (Lipinski definition) is 5. The van der Waals surface area contributed by atoms with Gasteiger partial charge in [0.25, 0.3) is 6.47 Å². The maximum absolute atomic E-state index is 12.9. The molecule has 3 fully saturated rings. The normalized spacial score (nSPS) is 23.2. The molecule has 5 heterocycles. The Bertz CT molecular complexity index is 955. The number of H-pyrrole nitrogens is 1. The average Bonchev–Trinajstić information content (AvgIpc) is 3.39. The van der Waals surface area contributed by atoms with Crippen LogP contribution in [0.2, 0.25) is 0 Å². The van der Waals surface area contributed by atoms with E-state index in [2.05, 4.69) is 15.1 Å². The summed E-state index contributed by atoms with van der Waals surface area (Å²) in [5, 5.41) is 15.1. The van der Waals surface area contributed by atoms with Crippen LogP contribution < -0.4 is 0 Å². The summed E-state index contributed by atoms with van der Waals surface area (Å²) in [4.78, 5) is 23.8. The van der Waals surface area contributed by atoms with Crippen LogP contribution in [0.5, 0.6) is 0 Å². The quantitative estimate of drug-likeness (QED) is 0.530. The predicted octanol–water partition coefficient (Wildman–Crippen LogP) is 3.44. The zero-order valence-electron chi connectivity index (χ0n) is 15.5. The first-order chi connectivity index (χ1) is 13.7. The first-order valence-corrected chi connectivity index (χ1v) is 9.53. The van der Waals surface area contributed by atoms with Crippen molar-refractivity contribution in [1.29, 1.82) is 0 Å². The Labute approximate surface area is 162 Å². The van der Waals surface area contributed by atoms with E-state index in [-0.39, 0.29) is 12.3 Å². The number of carbonyl (C=O) groups excluding carboxylic acids is 1. The van der Waals surface area contributed by atoms with Crippen LogP contribution in [-0.4, -0.2) is 52.1 Å². The number of carbonyl (C=O) groups is 2. The number of hydrogen-bond donors (Lipinski definition) is 2. The van der Waals surface area contributed by atoms with Gasteiger partial charge < -0.3 is 14.4 Å². The Morgan fingerprint density at radius 3 is 2.71 bits per heavy atom. The van der Waals surface area contributed by atoms with Gasteiger partial charge in [0, 0.05) is 23.9 Å². The van der Waals surface area contributed by atoms with Crippen molar-refractivity contribution in [2.75, 3.05) is 19.6 Å². The number of piperidine rings is 3. The van der Waals surface area contributed by atoms with Gasteiger partial charge in [0.15, 0.2) is 5.78 Å². The fourth-order valence-electron chi connectivity index (χ4n) is 4.49. The van der Waals surface area contributed by atoms with Crippen LogP contribution in [0.15, 0.2) is 41.2 Å². The lowest BCUT2D eigenvalue weighted by Gasteiger charge is -2.44. The SMILES string of the molecule is O=C(C[C@H]1CN2CCC1CC2)c1n[nH]c2ccc(-c3ccoc3)cc12.O=CO. The first kappa shape index (κ1) is 18.4. The molecular formula is C21H23N3O4. The van der Waals surface area contributed by atoms with E-state index in [0.717, 1.165) is 28.6 Å². The highest BCUT2D eigenvalue weighted by molar-refractivity contribution is 6.06. The zero-order valence-corrected chi connectivity index (χ0v) is 15.5. The second kappa shape index (κ2) is 7.98. The maximum atomic E-state index is 12.9. The number of benzene rings is 1. The summed E-state index contributed by atoms with van der Waals surface area (Å²) in [6.45, 7) is 3.22. The van der Waals surface area contributed by atoms with Gasteiger partial charge in [-0.1, -0.05) is 6.07 Å². The number of fused-ring (bicyclic) bond motifs is 4. The van der Waals surface area contributed by atoms with Gasteiger partial charge in [-0.3, -0.25) is 14.7 Å². The number of furan rings is 1. The van der Waals surface area contributed by atoms with Crippen molar-refractivity contribution in [3.05, 3.63) is 42.5 Å². The van der Waals surface area contributed by atoms with Gasteiger partial charge in [-0.05, 0) is 61.5 Å². The Morgan fingerprint density at radius 1 is 1.29 bits per heavy atom. The lowest BCUT2D eigenvalue weighted by molar-refractivity contribution is -0.122. The molecule has 3 aliphatic rings. The highest BCUT2D eigenvalue weighted by atomic mass is 16.3. The van der Waals surface area contributed by atoms with Crippen molar-refractivity contribution < 1.29 is 19.1 Å². The molecule has 0 amide bonds. The molecule has 2 N–H and O–H groups in total. The third kappa shape index (κ3) is 3.57. The molecule has 7 nitrogen and oxygen atoms in total. The van der Waals surface area contributed by atoms with Crippen LogP contribution in [0.4, 0.5) is 0 Å². The Hall–Kier alpha value is -2.93. The molecule has 1 aromatic carbocycles. The lowest BCUT2D eigenvalue weighted by atomic mass is 9.76. The fourth-order valence-corrected chi connectivity index (χ4v) is 4.49. The van der Waals surface area contributed by atoms with Gasteiger partial charge in [0.05, 0.1) is 18.0 Å². The molecule has 3 aliphatic heterocycles. The van der Waals surface area contributed by atoms with Crippen LogP contribution in [0, 0.1) is 11.8 Å². The number of nitrogens with one attached hydrogen (secondary N) is 1. The summed E-state index contributed by atoms with van der Waals surface area (Å²) in [7, 11) is 0. The zero-order chi connectivity index (χ0) is 19.5. The molecule has 2 aromatic heterocycles. The molecule has 0 radical (unpaired) electrons. The van der Waals surface area contributed by atoms with E-state index in [1.165, 1.54) is 25.9 Å². The fraction of sp³-hybridized carbons (Fsp3) is 0.381. The third-order valence-electron chi connectivity index (χ3n) is 5.92. The smallest absolute Gasteiger partial charge is 0.290 e. The van der Waals surface area contributed by atoms with Crippen molar-refractivity contribution in [2.45, 2.75) is 19.3 Å². The van der Waals surface area contributed by atoms with Crippen molar-refractivity contribution in [2.24, 2.45) is 11.8 Å². The van der Waals surface area contributed by atoms with Crippen LogP contribution in [-0.2, 0) is 4.79 Å². The van der Waals surface area contributed by atoms with Gasteiger partial charge >= 0.3 is 0 Å². The van der Waals surface area contributed by atoms with Crippen molar-refractivity contribution in [3.63, 3.8) is 0 Å². The first-order valence-electron chi connectivity index (χ1n) is 9.53. The largest absolute Gasteiger partial charge is 0.483 e. The molecule has 0 aliphatic carbocycles. The molecule has 1 atom stereocenters. The van der Waals surface area contributed by atoms with Crippen LogP contribution in [0.3, 0.4) is 0 Å². The van der Waals surface area contributed by atoms with Gasteiger partial charge in [-0.15, -0.1) is 0 Å². The van der Waals surface area contributed by atoms with E-state index in [1.54, 1.807) is 12.5 Å². The highest BCUT2D eigenvalue weighted by Crippen LogP contribution is 2.35. The molecule has 0 saturated carbocycles. The summed E-state index contributed by atoms with van der Waals surface area (Å²) in [5.74, 6) is 1.36. The summed E-state index contributed by atoms with van der Waals surface area (Å²) < 4.78 is 5.17. The van der Waals surface area contributed by atoms with Crippen LogP contribution in [0.1, 0.15) is 29.8 Å². The van der Waals surface area contributed by atoms with E-state index in [9.17, 15) is 4.79 Å². The van der Waals surface area contributed by atoms with Gasteiger partial charge in [-0.2, -0.15) is 5.10 Å². The number of Topliss-reactive ketones (excluding diaryl/α,β-unsaturated/α-hetero) is 1. The minimum absolute atomic E-state index is 0.161. The van der Waals surface area contributed by atoms with Crippen molar-refractivity contribution >= 4 is 23.2 Å². The minimum atomic E-state index is -0.250. The standard InChI is InChI=1S/C20H21N3O2.CH2O2/c24-19(10-16-11-23-6-3-13(16)4-7-23)20-17-9-14(15-5-8-25-12-15)1-2-18(17)21-22-20;2-1-3/h1-2,5,8-9,12-13,16H,3-4,6-7,10-11H2,(H,21,22);1H,(H,2,3)/t16-;/m0./s1. The molecular weight excluding hydrogens is 358 g/mol. The Balaban J connectivity index is 0.000000604. The molecule has 6 rings (SSSR count). The monoisotopic (exact) mass is 381 g/mol. The number of ketones is 1. The van der Waals surface area contributed by atoms with Crippen molar-refractivity contribution in [1.82, 2.24) is 15.1 Å². The molecule has 3 aromatic rings. The van der Waals surface area contributed by atoms with E-state index in [0.29, 0.717) is 24.0 Å². The van der Waals surface area contributed by atoms with Crippen LogP contribution in [0.25, 0.3) is 22.0 Å². The maximum Gasteiger partial charge on any atom is 0.290 e. The number of nitrogens with zero attached hydrogens (tertiary/aromatic N) is 2. The molecule has 7 heteroatoms. The number of aromatic amines is 1. The highest BCUT2D eigenvalue weighted by Gasteiger charge is 2.35. The second-order valence-corrected chi connectivity index (χ2v) is 7.48. The molecule has 146 valence electrons. The van der Waals surface area contributed by atoms with E-state index in [1.807, 2.05) is 24.3 Å². The summed E-state index contributed by atoms with van der Waals surface area (Å²) in [6.07, 6.45) is 6.47. The third-order valence-corrected chi connectivity index (χ3v) is 5.92. The van der Waals surface area contributed by atoms with Crippen molar-refractivity contribution in [3.8, 4) is 11.1 Å². The number of rotatable bonds is 4. The molecule has 2 bridgehead atoms. The second-order valence-electron chi connectivity index (χ2n) is 7.48. The molecule has 0 unspecified atom stereocenters. The van der Waals surface area contributed by atoms with E-state index < -0.39 is 0 Å². The van der Waals surface area contributed by atoms with Gasteiger partial charge in [0.2, 0.25) is 0 Å². The van der Waals surface area contributed by atoms with Crippen LogP contribution >= 0.6 is 0 Å². The molecule has 28 heavy (non-hydrogen) atoms. The number of aromatic nitrogens is 2. The predicted molar refractivity (Wildman–Crippen MR) is 104 cm³/mol. The van der Waals surface area contributed by atoms with E-state index >= 15 is 0 Å². The summed E-state index contributed by atoms with van der Waals surface area (Å²) >= 11 is 0. The summed E-state index contributed by atoms with van der Waals surface area (Å²) in [6, 6.07) is 7.96. The van der Waals surface area contributed by atoms with E-state index in [4.69, 9.17) is 14.3 Å². The van der Waals surface area contributed by atoms with Gasteiger partial charge in [-0.25, -0.2) is 0 Å². The Kier molecular flexibility index (Phi) is 5.25. The lowest BCUT2D eigenvalue weighted by Crippen LogP contribution is -2.47. The number of carboxylic acid groups (broad SMARTS) is 1.